The Bertz CT molecular complexity index is 4870. The van der Waals surface area contributed by atoms with E-state index in [-0.39, 0.29) is 116 Å². The quantitative estimate of drug-likeness (QED) is 0.0131. The largest absolute Gasteiger partial charge is 1.00 e. The van der Waals surface area contributed by atoms with Crippen LogP contribution in [0.2, 0.25) is 53.3 Å². The Morgan fingerprint density at radius 2 is 0.863 bits per heavy atom. The number of ether oxygens (including phenoxy) is 1. The zero-order valence-corrected chi connectivity index (χ0v) is 93.7. The third kappa shape index (κ3) is 41.0. The van der Waals surface area contributed by atoms with E-state index in [2.05, 4.69) is 165 Å². The number of ketones is 1. The molecular weight excluding hydrogens is 1990 g/mol. The van der Waals surface area contributed by atoms with Crippen molar-refractivity contribution in [3.05, 3.63) is 269 Å². The van der Waals surface area contributed by atoms with Crippen molar-refractivity contribution in [2.45, 2.75) is 290 Å². The van der Waals surface area contributed by atoms with Crippen LogP contribution in [0.4, 0.5) is 0 Å². The topological polar surface area (TPSA) is 323 Å². The molecule has 37 heteroatoms. The number of piperidine rings is 1. The summed E-state index contributed by atoms with van der Waals surface area (Å²) in [6.07, 6.45) is 40.7. The fourth-order valence-corrected chi connectivity index (χ4v) is 17.3. The van der Waals surface area contributed by atoms with Crippen molar-refractivity contribution in [1.29, 1.82) is 0 Å². The molecule has 10 aliphatic rings. The van der Waals surface area contributed by atoms with Crippen molar-refractivity contribution >= 4 is 163 Å². The van der Waals surface area contributed by atoms with E-state index in [1.165, 1.54) is 128 Å². The molecule has 1 fully saturated rings. The van der Waals surface area contributed by atoms with Gasteiger partial charge in [0.2, 0.25) is 0 Å². The predicted octanol–water partition coefficient (Wildman–Crippen LogP) is 17.9. The average Bonchev–Trinajstić information content (AvgIpc) is 1.66. The number of hydrogen-bond donors (Lipinski definition) is 3. The maximum absolute atomic E-state index is 11.1. The Labute approximate surface area is 913 Å². The SMILES string of the molecule is CC(=O)OC(C)=O.CC(C)(C)[Si](C)(C)Cl.CC1(C)CCCC(C)(C)N1.CC1CCc2c(Cl)ccnc21.C[C@@H]1CCc2c(Cl)ccnc21.Clc1ccnc2c1CCC2.O=C1CCc2c(Cl)ccnc21.O=CO[O-].O=P(Cl)(Cl)Cl.OC1CCc2c(Cl)ccnc21.O[C@@H]1CCc2c(Cl)ccnc21.[H-].[K+].[K+].[O-][n+]1ccc(Cl)c2c1CCC2.[O-][n+]1cccc2c1CCC2.c1cnc2c(c1)CCC2. The van der Waals surface area contributed by atoms with Gasteiger partial charge >= 0.3 is 120 Å². The summed E-state index contributed by atoms with van der Waals surface area (Å²) in [5, 5.41) is 55.6. The van der Waals surface area contributed by atoms with Gasteiger partial charge in [-0.3, -0.25) is 58.6 Å². The predicted molar refractivity (Wildman–Crippen MR) is 520 cm³/mol. The number of aromatic nitrogens is 9. The molecular formula is C94H118Cl11K2N10O12PSi. The monoisotopic (exact) mass is 2100 g/mol. The first-order valence-electron chi connectivity index (χ1n) is 42.9. The molecule has 2 unspecified atom stereocenters. The fourth-order valence-electron chi connectivity index (χ4n) is 15.6. The molecule has 704 valence electrons. The van der Waals surface area contributed by atoms with E-state index in [0.717, 1.165) is 181 Å². The van der Waals surface area contributed by atoms with Crippen LogP contribution in [0, 0.1) is 10.4 Å². The fraction of sp³-hybridized carbons (Fsp3) is 0.479. The Kier molecular flexibility index (Phi) is 54.1. The zero-order valence-electron chi connectivity index (χ0n) is 78.2. The van der Waals surface area contributed by atoms with Gasteiger partial charge < -0.3 is 42.3 Å². The number of aliphatic hydroxyl groups excluding tert-OH is 2. The van der Waals surface area contributed by atoms with Crippen molar-refractivity contribution in [2.24, 2.45) is 0 Å². The molecule has 0 amide bonds. The van der Waals surface area contributed by atoms with E-state index in [9.17, 15) is 39.6 Å². The second-order valence-electron chi connectivity index (χ2n) is 34.8. The molecule has 3 N–H and O–H groups in total. The summed E-state index contributed by atoms with van der Waals surface area (Å²) in [6, 6.07) is 20.6. The van der Waals surface area contributed by atoms with Crippen molar-refractivity contribution in [3.63, 3.8) is 0 Å². The van der Waals surface area contributed by atoms with Crippen LogP contribution in [-0.4, -0.2) is 87.8 Å². The first-order chi connectivity index (χ1) is 60.7. The number of nitrogens with zero attached hydrogens (tertiary/aromatic N) is 9. The molecule has 0 spiro atoms. The number of Topliss-reactive ketones (excluding diaryl/α,β-unsaturated/α-hetero) is 1. The standard InChI is InChI=1S/2C9H10ClN.C9H19N.2C8H8ClNO.C8H6ClNO.C8H8ClNO.C8H8ClN.C8H9NO.C8H9N.C6H15ClSi.C4H6O3.CH2O3.Cl3OP.2K.H/c2*1-6-2-3-7-8(10)4-5-11-9(6)7;1-8(2)6-5-7-9(3,4)10-8;3*9-6-3-4-10-8-5(6)1-2-7(8)11;9-7-4-5-10(11)8-3-1-2-6(7)8;9-7-4-5-10-8-3-1-2-6(7)8;10-9-6-2-4-7-3-1-5-8(7)9;1-3-7-4-2-6-9-8(7)5-1;1-6(2,3)8(4,5)7;1-3(5)7-4(2)6;2-1-4-3;1-5(2,3)4;;;/h2*4-6H,2-3H2,1H3;10H,5-7H2,1-4H3;2*3-4,7,11H,1-2H2;3-4H,1-2H2;4-5H,1-3H2;4-5H,1-3H2;2,4,6H,1,3,5H2;2,4,6H,1,3,5H2;1-5H3;1-2H3;1,3H;;;;/q;;;;;;;;;;;;;;2*+1;-1/p-1/t6-;;;7-;;;;;;;;;;;;;/m1..1............./s1. The molecule has 9 aliphatic carbocycles. The van der Waals surface area contributed by atoms with Crippen LogP contribution in [0.15, 0.2) is 123 Å². The van der Waals surface area contributed by atoms with Gasteiger partial charge in [0.05, 0.1) is 28.6 Å². The van der Waals surface area contributed by atoms with Crippen LogP contribution in [-0.2, 0) is 112 Å². The Hall–Kier alpha value is -3.02. The Morgan fingerprint density at radius 3 is 1.27 bits per heavy atom. The summed E-state index contributed by atoms with van der Waals surface area (Å²) in [5.74, 6) is 0.190. The van der Waals surface area contributed by atoms with E-state index in [0.29, 0.717) is 45.1 Å². The minimum Gasteiger partial charge on any atom is -1.00 e. The molecule has 0 aromatic carbocycles. The third-order valence-corrected chi connectivity index (χ3v) is 30.6. The van der Waals surface area contributed by atoms with Crippen molar-refractivity contribution in [1.82, 2.24) is 40.2 Å². The minimum absolute atomic E-state index is 0. The molecule has 4 atom stereocenters. The molecule has 0 bridgehead atoms. The summed E-state index contributed by atoms with van der Waals surface area (Å²) in [7, 11) is -1.39. The van der Waals surface area contributed by atoms with Crippen LogP contribution < -0.4 is 123 Å². The number of carbonyl (C=O) groups excluding carboxylic acids is 4. The van der Waals surface area contributed by atoms with Crippen LogP contribution in [0.5, 0.6) is 0 Å². The number of aryl methyl sites for hydroxylation is 4. The number of esters is 2. The summed E-state index contributed by atoms with van der Waals surface area (Å²) in [5.41, 5.74) is 20.1. The molecule has 0 radical (unpaired) electrons. The molecule has 22 nitrogen and oxygen atoms in total. The van der Waals surface area contributed by atoms with Gasteiger partial charge in [-0.15, -0.1) is 0 Å². The van der Waals surface area contributed by atoms with E-state index in [1.807, 2.05) is 42.6 Å². The van der Waals surface area contributed by atoms with Gasteiger partial charge in [-0.25, -0.2) is 0 Å². The van der Waals surface area contributed by atoms with Gasteiger partial charge in [0.25, 0.3) is 6.47 Å². The Balaban J connectivity index is 0.000000368. The third-order valence-electron chi connectivity index (χ3n) is 22.8. The van der Waals surface area contributed by atoms with Crippen molar-refractivity contribution < 1.29 is 162 Å². The van der Waals surface area contributed by atoms with Crippen LogP contribution >= 0.6 is 131 Å². The van der Waals surface area contributed by atoms with E-state index < -0.39 is 36.7 Å². The van der Waals surface area contributed by atoms with Crippen LogP contribution in [0.1, 0.15) is 285 Å². The van der Waals surface area contributed by atoms with Gasteiger partial charge in [0.1, 0.15) is 5.69 Å². The molecule has 9 aromatic heterocycles. The van der Waals surface area contributed by atoms with E-state index >= 15 is 0 Å². The molecule has 131 heavy (non-hydrogen) atoms. The number of aliphatic hydroxyl groups is 2. The van der Waals surface area contributed by atoms with Gasteiger partial charge in [-0.05, 0) is 301 Å². The summed E-state index contributed by atoms with van der Waals surface area (Å²) < 4.78 is 15.4. The maximum Gasteiger partial charge on any atom is 1.00 e. The van der Waals surface area contributed by atoms with Crippen LogP contribution in [0.3, 0.4) is 0 Å². The van der Waals surface area contributed by atoms with Crippen LogP contribution in [0.25, 0.3) is 0 Å². The number of hydrogen-bond acceptors (Lipinski definition) is 20. The first kappa shape index (κ1) is 120. The van der Waals surface area contributed by atoms with Crippen molar-refractivity contribution in [3.8, 4) is 0 Å². The Morgan fingerprint density at radius 1 is 0.496 bits per heavy atom. The molecule has 9 aromatic rings. The second kappa shape index (κ2) is 58.9. The number of fused-ring (bicyclic) bond motifs is 9. The number of pyridine rings is 9. The smallest absolute Gasteiger partial charge is 1.00 e. The molecule has 0 saturated carbocycles. The van der Waals surface area contributed by atoms with E-state index in [1.54, 1.807) is 67.6 Å². The van der Waals surface area contributed by atoms with Gasteiger partial charge in [0, 0.05) is 169 Å². The normalized spacial score (nSPS) is 17.4. The average molecular weight is 2110 g/mol. The summed E-state index contributed by atoms with van der Waals surface area (Å²) >= 11 is 61.4. The molecule has 19 rings (SSSR count). The zero-order chi connectivity index (χ0) is 95.7. The number of rotatable bonds is 1. The second-order valence-corrected chi connectivity index (χ2v) is 51.5. The van der Waals surface area contributed by atoms with Gasteiger partial charge in [-0.1, -0.05) is 135 Å². The van der Waals surface area contributed by atoms with E-state index in [4.69, 9.17) is 102 Å². The molecule has 1 aliphatic heterocycles. The van der Waals surface area contributed by atoms with Gasteiger partial charge in [0.15, 0.2) is 36.9 Å². The summed E-state index contributed by atoms with van der Waals surface area (Å²) in [6.45, 7) is 26.7. The molecule has 1 saturated heterocycles. The van der Waals surface area contributed by atoms with Gasteiger partial charge in [-0.2, -0.15) is 20.5 Å². The number of nitrogens with one attached hydrogen (secondary N) is 1. The number of carbonyl (C=O) groups is 4. The summed E-state index contributed by atoms with van der Waals surface area (Å²) in [4.78, 5) is 71.2. The maximum atomic E-state index is 11.1. The van der Waals surface area contributed by atoms with Crippen molar-refractivity contribution in [2.75, 3.05) is 0 Å². The number of halogens is 11. The first-order valence-corrected chi connectivity index (χ1v) is 54.0. The molecule has 10 heterocycles. The minimum atomic E-state index is -3.22.